The molecule has 1 unspecified atom stereocenters. The van der Waals surface area contributed by atoms with Crippen molar-refractivity contribution >= 4 is 23.6 Å². The molecule has 0 heterocycles. The number of hydrogen-bond donors (Lipinski definition) is 3. The summed E-state index contributed by atoms with van der Waals surface area (Å²) in [7, 11) is 0. The number of rotatable bonds is 6. The fourth-order valence-corrected chi connectivity index (χ4v) is 1.59. The Morgan fingerprint density at radius 2 is 2.00 bits per heavy atom. The highest BCUT2D eigenvalue weighted by Gasteiger charge is 2.20. The largest absolute Gasteiger partial charge is 0.480 e. The average molecular weight is 297 g/mol. The van der Waals surface area contributed by atoms with E-state index in [0.29, 0.717) is 0 Å². The highest BCUT2D eigenvalue weighted by molar-refractivity contribution is 6.25. The van der Waals surface area contributed by atoms with Crippen LogP contribution in [0.2, 0.25) is 0 Å². The Labute approximate surface area is 122 Å². The van der Waals surface area contributed by atoms with Gasteiger partial charge in [-0.1, -0.05) is 41.9 Å². The average Bonchev–Trinajstić information content (AvgIpc) is 2.45. The summed E-state index contributed by atoms with van der Waals surface area (Å²) in [6.07, 6.45) is 0.230. The third-order valence-electron chi connectivity index (χ3n) is 2.60. The van der Waals surface area contributed by atoms with Crippen LogP contribution in [-0.4, -0.2) is 29.7 Å². The number of carbonyl (C=O) groups excluding carboxylic acids is 1. The van der Waals surface area contributed by atoms with E-state index >= 15 is 0 Å². The number of benzene rings is 1. The molecule has 0 saturated carbocycles. The Balaban J connectivity index is 2.55. The number of carbonyl (C=O) groups is 2. The van der Waals surface area contributed by atoms with Gasteiger partial charge >= 0.3 is 12.0 Å². The van der Waals surface area contributed by atoms with E-state index in [1.54, 1.807) is 6.92 Å². The zero-order chi connectivity index (χ0) is 15.0. The van der Waals surface area contributed by atoms with E-state index in [4.69, 9.17) is 16.7 Å². The van der Waals surface area contributed by atoms with Gasteiger partial charge in [-0.05, 0) is 18.1 Å². The lowest BCUT2D eigenvalue weighted by Crippen LogP contribution is -2.47. The maximum absolute atomic E-state index is 11.6. The van der Waals surface area contributed by atoms with E-state index in [-0.39, 0.29) is 13.0 Å². The molecule has 0 aromatic heterocycles. The van der Waals surface area contributed by atoms with Crippen LogP contribution in [-0.2, 0) is 11.2 Å². The first-order valence-electron chi connectivity index (χ1n) is 6.10. The van der Waals surface area contributed by atoms with E-state index in [0.717, 1.165) is 11.1 Å². The van der Waals surface area contributed by atoms with Crippen molar-refractivity contribution in [3.8, 4) is 0 Å². The van der Waals surface area contributed by atoms with Gasteiger partial charge in [0.1, 0.15) is 6.04 Å². The quantitative estimate of drug-likeness (QED) is 0.752. The standard InChI is InChI=1S/C14H17ClN2O3/c1-10(8-15)9-16-14(20)17-12(13(18)19)7-11-5-3-2-4-6-11/h2-6,8,12H,7,9H2,1H3,(H,18,19)(H2,16,17,20)/b10-8-. The highest BCUT2D eigenvalue weighted by atomic mass is 35.5. The summed E-state index contributed by atoms with van der Waals surface area (Å²) in [5, 5.41) is 14.1. The summed E-state index contributed by atoms with van der Waals surface area (Å²) in [6.45, 7) is 2.03. The molecule has 1 rings (SSSR count). The summed E-state index contributed by atoms with van der Waals surface area (Å²) < 4.78 is 0. The number of carboxylic acids is 1. The van der Waals surface area contributed by atoms with E-state index in [1.165, 1.54) is 5.54 Å². The Bertz CT molecular complexity index is 488. The zero-order valence-electron chi connectivity index (χ0n) is 11.1. The molecule has 0 bridgehead atoms. The van der Waals surface area contributed by atoms with Gasteiger partial charge in [0, 0.05) is 18.5 Å². The molecule has 5 nitrogen and oxygen atoms in total. The molecule has 0 fully saturated rings. The summed E-state index contributed by atoms with van der Waals surface area (Å²) >= 11 is 5.47. The predicted octanol–water partition coefficient (Wildman–Crippen LogP) is 2.12. The Morgan fingerprint density at radius 1 is 1.35 bits per heavy atom. The number of halogens is 1. The van der Waals surface area contributed by atoms with Crippen molar-refractivity contribution in [3.63, 3.8) is 0 Å². The van der Waals surface area contributed by atoms with Gasteiger partial charge in [0.25, 0.3) is 0 Å². The van der Waals surface area contributed by atoms with Gasteiger partial charge in [0.15, 0.2) is 0 Å². The first kappa shape index (κ1) is 16.0. The van der Waals surface area contributed by atoms with Crippen molar-refractivity contribution in [2.24, 2.45) is 0 Å². The zero-order valence-corrected chi connectivity index (χ0v) is 11.9. The van der Waals surface area contributed by atoms with Crippen LogP contribution in [0.15, 0.2) is 41.4 Å². The molecule has 0 aliphatic heterocycles. The fraction of sp³-hybridized carbons (Fsp3) is 0.286. The molecule has 2 amide bonds. The van der Waals surface area contributed by atoms with Crippen molar-refractivity contribution in [1.82, 2.24) is 10.6 Å². The minimum Gasteiger partial charge on any atom is -0.480 e. The van der Waals surface area contributed by atoms with E-state index in [2.05, 4.69) is 10.6 Å². The second-order valence-electron chi connectivity index (χ2n) is 4.36. The molecule has 0 aliphatic rings. The topological polar surface area (TPSA) is 78.4 Å². The van der Waals surface area contributed by atoms with Crippen LogP contribution in [0.1, 0.15) is 12.5 Å². The molecule has 0 radical (unpaired) electrons. The van der Waals surface area contributed by atoms with E-state index < -0.39 is 18.0 Å². The van der Waals surface area contributed by atoms with Gasteiger partial charge < -0.3 is 15.7 Å². The molecule has 108 valence electrons. The number of amides is 2. The third kappa shape index (κ3) is 5.75. The van der Waals surface area contributed by atoms with Crippen molar-refractivity contribution in [1.29, 1.82) is 0 Å². The van der Waals surface area contributed by atoms with Crippen molar-refractivity contribution in [2.75, 3.05) is 6.54 Å². The maximum atomic E-state index is 11.6. The molecule has 6 heteroatoms. The van der Waals surface area contributed by atoms with Crippen LogP contribution >= 0.6 is 11.6 Å². The molecule has 0 spiro atoms. The number of carboxylic acid groups (broad SMARTS) is 1. The molecule has 20 heavy (non-hydrogen) atoms. The molecule has 1 aromatic carbocycles. The van der Waals surface area contributed by atoms with Crippen LogP contribution in [0.4, 0.5) is 4.79 Å². The molecular weight excluding hydrogens is 280 g/mol. The molecule has 0 saturated heterocycles. The molecule has 1 atom stereocenters. The van der Waals surface area contributed by atoms with Gasteiger partial charge in [-0.2, -0.15) is 0 Å². The number of urea groups is 1. The lowest BCUT2D eigenvalue weighted by atomic mass is 10.1. The lowest BCUT2D eigenvalue weighted by molar-refractivity contribution is -0.139. The van der Waals surface area contributed by atoms with E-state index in [9.17, 15) is 9.59 Å². The van der Waals surface area contributed by atoms with Gasteiger partial charge in [-0.3, -0.25) is 0 Å². The van der Waals surface area contributed by atoms with Gasteiger partial charge in [-0.15, -0.1) is 0 Å². The fourth-order valence-electron chi connectivity index (χ4n) is 1.52. The third-order valence-corrected chi connectivity index (χ3v) is 2.97. The van der Waals surface area contributed by atoms with Crippen LogP contribution in [0, 0.1) is 0 Å². The van der Waals surface area contributed by atoms with Crippen LogP contribution in [0.25, 0.3) is 0 Å². The minimum atomic E-state index is -1.08. The smallest absolute Gasteiger partial charge is 0.326 e. The van der Waals surface area contributed by atoms with Crippen LogP contribution < -0.4 is 10.6 Å². The van der Waals surface area contributed by atoms with Crippen LogP contribution in [0.5, 0.6) is 0 Å². The predicted molar refractivity (Wildman–Crippen MR) is 77.7 cm³/mol. The lowest BCUT2D eigenvalue weighted by Gasteiger charge is -2.15. The molecule has 1 aromatic rings. The van der Waals surface area contributed by atoms with Gasteiger partial charge in [-0.25, -0.2) is 9.59 Å². The second kappa shape index (κ2) is 8.22. The van der Waals surface area contributed by atoms with E-state index in [1.807, 2.05) is 30.3 Å². The monoisotopic (exact) mass is 296 g/mol. The summed E-state index contributed by atoms with van der Waals surface area (Å²) in [5.74, 6) is -1.08. The molecule has 0 aliphatic carbocycles. The maximum Gasteiger partial charge on any atom is 0.326 e. The number of hydrogen-bond acceptors (Lipinski definition) is 2. The Kier molecular flexibility index (Phi) is 6.59. The van der Waals surface area contributed by atoms with Gasteiger partial charge in [0.05, 0.1) is 0 Å². The second-order valence-corrected chi connectivity index (χ2v) is 4.58. The van der Waals surface area contributed by atoms with Crippen LogP contribution in [0.3, 0.4) is 0 Å². The summed E-state index contributed by atoms with van der Waals surface area (Å²) in [4.78, 5) is 22.8. The van der Waals surface area contributed by atoms with Crippen molar-refractivity contribution in [3.05, 3.63) is 47.0 Å². The number of nitrogens with one attached hydrogen (secondary N) is 2. The first-order valence-corrected chi connectivity index (χ1v) is 6.53. The van der Waals surface area contributed by atoms with Crippen molar-refractivity contribution in [2.45, 2.75) is 19.4 Å². The Morgan fingerprint density at radius 3 is 2.55 bits per heavy atom. The van der Waals surface area contributed by atoms with Gasteiger partial charge in [0.2, 0.25) is 0 Å². The highest BCUT2D eigenvalue weighted by Crippen LogP contribution is 2.03. The number of aliphatic carboxylic acids is 1. The summed E-state index contributed by atoms with van der Waals surface area (Å²) in [6, 6.07) is 7.61. The minimum absolute atomic E-state index is 0.230. The SMILES string of the molecule is C/C(=C/Cl)CNC(=O)NC(Cc1ccccc1)C(=O)O. The van der Waals surface area contributed by atoms with Crippen molar-refractivity contribution < 1.29 is 14.7 Å². The molecular formula is C14H17ClN2O3. The first-order chi connectivity index (χ1) is 9.52. The summed E-state index contributed by atoms with van der Waals surface area (Å²) in [5.41, 5.74) is 2.98. The molecule has 3 N–H and O–H groups in total. The Hall–Kier alpha value is -2.01. The normalized spacial score (nSPS) is 12.6.